The lowest BCUT2D eigenvalue weighted by atomic mass is 10.1. The van der Waals surface area contributed by atoms with E-state index >= 15 is 0 Å². The summed E-state index contributed by atoms with van der Waals surface area (Å²) < 4.78 is 28.6. The van der Waals surface area contributed by atoms with Crippen molar-refractivity contribution >= 4 is 12.1 Å². The van der Waals surface area contributed by atoms with Gasteiger partial charge in [0.15, 0.2) is 11.6 Å². The number of rotatable bonds is 6. The maximum absolute atomic E-state index is 13.8. The van der Waals surface area contributed by atoms with Crippen molar-refractivity contribution in [2.24, 2.45) is 0 Å². The van der Waals surface area contributed by atoms with Crippen molar-refractivity contribution < 1.29 is 28.2 Å². The molecule has 0 fully saturated rings. The Balaban J connectivity index is 2.41. The summed E-state index contributed by atoms with van der Waals surface area (Å²) in [5, 5.41) is 2.50. The van der Waals surface area contributed by atoms with Crippen molar-refractivity contribution in [3.8, 4) is 5.75 Å². The molecule has 0 spiro atoms. The van der Waals surface area contributed by atoms with E-state index in [9.17, 15) is 14.0 Å². The van der Waals surface area contributed by atoms with Gasteiger partial charge in [-0.2, -0.15) is 0 Å². The Labute approximate surface area is 134 Å². The van der Waals surface area contributed by atoms with Crippen LogP contribution in [0.1, 0.15) is 26.3 Å². The summed E-state index contributed by atoms with van der Waals surface area (Å²) in [4.78, 5) is 22.5. The van der Waals surface area contributed by atoms with Crippen molar-refractivity contribution in [2.75, 3.05) is 20.3 Å². The summed E-state index contributed by atoms with van der Waals surface area (Å²) in [5.74, 6) is -0.979. The van der Waals surface area contributed by atoms with Gasteiger partial charge < -0.3 is 19.5 Å². The quantitative estimate of drug-likeness (QED) is 0.642. The second-order valence-electron chi connectivity index (χ2n) is 5.79. The summed E-state index contributed by atoms with van der Waals surface area (Å²) in [6.45, 7) is 5.54. The van der Waals surface area contributed by atoms with Crippen LogP contribution >= 0.6 is 0 Å². The van der Waals surface area contributed by atoms with Crippen molar-refractivity contribution in [3.63, 3.8) is 0 Å². The molecule has 1 amide bonds. The van der Waals surface area contributed by atoms with E-state index in [0.29, 0.717) is 5.56 Å². The van der Waals surface area contributed by atoms with E-state index in [2.05, 4.69) is 10.1 Å². The molecule has 1 N–H and O–H groups in total. The first-order chi connectivity index (χ1) is 10.7. The summed E-state index contributed by atoms with van der Waals surface area (Å²) >= 11 is 0. The number of hydrogen-bond acceptors (Lipinski definition) is 5. The topological polar surface area (TPSA) is 73.9 Å². The average Bonchev–Trinajstić information content (AvgIpc) is 2.43. The molecule has 7 heteroatoms. The monoisotopic (exact) mass is 327 g/mol. The normalized spacial score (nSPS) is 10.8. The van der Waals surface area contributed by atoms with Gasteiger partial charge in [0, 0.05) is 0 Å². The van der Waals surface area contributed by atoms with Gasteiger partial charge in [-0.25, -0.2) is 9.18 Å². The molecule has 0 bridgehead atoms. The highest BCUT2D eigenvalue weighted by Crippen LogP contribution is 2.18. The van der Waals surface area contributed by atoms with Gasteiger partial charge in [-0.15, -0.1) is 0 Å². The predicted molar refractivity (Wildman–Crippen MR) is 81.9 cm³/mol. The van der Waals surface area contributed by atoms with Crippen molar-refractivity contribution in [2.45, 2.75) is 32.8 Å². The number of halogens is 1. The van der Waals surface area contributed by atoms with Crippen LogP contribution in [0.4, 0.5) is 9.18 Å². The molecule has 0 saturated carbocycles. The first-order valence-electron chi connectivity index (χ1n) is 7.16. The van der Waals surface area contributed by atoms with Crippen LogP contribution < -0.4 is 10.1 Å². The maximum Gasteiger partial charge on any atom is 0.407 e. The predicted octanol–water partition coefficient (Wildman–Crippen LogP) is 2.44. The highest BCUT2D eigenvalue weighted by molar-refractivity contribution is 5.72. The number of carbonyl (C=O) groups is 2. The minimum atomic E-state index is -0.580. The van der Waals surface area contributed by atoms with Crippen LogP contribution in [0.25, 0.3) is 0 Å². The molecule has 0 saturated heterocycles. The molecule has 0 aliphatic heterocycles. The Hall–Kier alpha value is -2.31. The molecule has 1 rings (SSSR count). The molecule has 0 radical (unpaired) electrons. The average molecular weight is 327 g/mol. The second-order valence-corrected chi connectivity index (χ2v) is 5.79. The summed E-state index contributed by atoms with van der Waals surface area (Å²) in [5.41, 5.74) is -0.0828. The minimum Gasteiger partial charge on any atom is -0.489 e. The molecule has 0 aliphatic rings. The molecule has 0 aromatic heterocycles. The number of benzene rings is 1. The molecule has 0 unspecified atom stereocenters. The van der Waals surface area contributed by atoms with Gasteiger partial charge >= 0.3 is 12.1 Å². The van der Waals surface area contributed by atoms with Gasteiger partial charge in [-0.05, 0) is 38.5 Å². The molecular formula is C16H22FNO5. The van der Waals surface area contributed by atoms with E-state index in [1.54, 1.807) is 26.8 Å². The molecule has 1 aromatic rings. The summed E-state index contributed by atoms with van der Waals surface area (Å²) in [7, 11) is 1.27. The number of carbonyl (C=O) groups excluding carboxylic acids is 2. The fraction of sp³-hybridized carbons (Fsp3) is 0.500. The summed E-state index contributed by atoms with van der Waals surface area (Å²) in [6.07, 6.45) is -0.566. The number of esters is 1. The zero-order valence-electron chi connectivity index (χ0n) is 13.8. The van der Waals surface area contributed by atoms with Crippen LogP contribution in [0.15, 0.2) is 18.2 Å². The van der Waals surface area contributed by atoms with Crippen molar-refractivity contribution in [1.82, 2.24) is 5.32 Å². The van der Waals surface area contributed by atoms with Gasteiger partial charge in [0.05, 0.1) is 20.1 Å². The van der Waals surface area contributed by atoms with Crippen LogP contribution in [0.5, 0.6) is 5.75 Å². The standard InChI is InChI=1S/C16H22FNO5/c1-16(2,3)23-15(20)18-7-8-22-13-6-5-11(9-12(13)17)10-14(19)21-4/h5-6,9H,7-8,10H2,1-4H3,(H,18,20). The maximum atomic E-state index is 13.8. The van der Waals surface area contributed by atoms with Crippen LogP contribution in [-0.4, -0.2) is 37.9 Å². The van der Waals surface area contributed by atoms with Gasteiger partial charge in [0.25, 0.3) is 0 Å². The number of alkyl carbamates (subject to hydrolysis) is 1. The number of amides is 1. The molecular weight excluding hydrogens is 305 g/mol. The molecule has 0 aliphatic carbocycles. The molecule has 23 heavy (non-hydrogen) atoms. The van der Waals surface area contributed by atoms with Crippen molar-refractivity contribution in [3.05, 3.63) is 29.6 Å². The molecule has 0 heterocycles. The minimum absolute atomic E-state index is 0.00605. The Morgan fingerprint density at radius 1 is 1.26 bits per heavy atom. The smallest absolute Gasteiger partial charge is 0.407 e. The lowest BCUT2D eigenvalue weighted by Gasteiger charge is -2.19. The third-order valence-electron chi connectivity index (χ3n) is 2.60. The molecule has 128 valence electrons. The Bertz CT molecular complexity index is 554. The zero-order valence-corrected chi connectivity index (χ0v) is 13.8. The SMILES string of the molecule is COC(=O)Cc1ccc(OCCNC(=O)OC(C)(C)C)c(F)c1. The van der Waals surface area contributed by atoms with E-state index in [1.165, 1.54) is 19.2 Å². The number of hydrogen-bond donors (Lipinski definition) is 1. The fourth-order valence-electron chi connectivity index (χ4n) is 1.64. The van der Waals surface area contributed by atoms with E-state index in [0.717, 1.165) is 0 Å². The fourth-order valence-corrected chi connectivity index (χ4v) is 1.64. The summed E-state index contributed by atoms with van der Waals surface area (Å²) in [6, 6.07) is 4.23. The van der Waals surface area contributed by atoms with Crippen LogP contribution in [0.2, 0.25) is 0 Å². The van der Waals surface area contributed by atoms with E-state index in [1.807, 2.05) is 0 Å². The Kier molecular flexibility index (Phi) is 6.81. The Morgan fingerprint density at radius 2 is 1.96 bits per heavy atom. The number of ether oxygens (including phenoxy) is 3. The highest BCUT2D eigenvalue weighted by atomic mass is 19.1. The van der Waals surface area contributed by atoms with Gasteiger partial charge in [0.1, 0.15) is 12.2 Å². The molecule has 1 aromatic carbocycles. The largest absolute Gasteiger partial charge is 0.489 e. The first kappa shape index (κ1) is 18.7. The number of nitrogens with one attached hydrogen (secondary N) is 1. The lowest BCUT2D eigenvalue weighted by Crippen LogP contribution is -2.34. The van der Waals surface area contributed by atoms with Gasteiger partial charge in [-0.3, -0.25) is 4.79 Å². The number of methoxy groups -OCH3 is 1. The van der Waals surface area contributed by atoms with E-state index < -0.39 is 23.5 Å². The Morgan fingerprint density at radius 3 is 2.52 bits per heavy atom. The van der Waals surface area contributed by atoms with Gasteiger partial charge in [-0.1, -0.05) is 6.07 Å². The van der Waals surface area contributed by atoms with Gasteiger partial charge in [0.2, 0.25) is 0 Å². The second kappa shape index (κ2) is 8.36. The van der Waals surface area contributed by atoms with Crippen LogP contribution in [-0.2, 0) is 20.7 Å². The third-order valence-corrected chi connectivity index (χ3v) is 2.60. The molecule has 0 atom stereocenters. The molecule has 6 nitrogen and oxygen atoms in total. The highest BCUT2D eigenvalue weighted by Gasteiger charge is 2.15. The van der Waals surface area contributed by atoms with E-state index in [4.69, 9.17) is 9.47 Å². The lowest BCUT2D eigenvalue weighted by molar-refractivity contribution is -0.139. The van der Waals surface area contributed by atoms with Crippen LogP contribution in [0.3, 0.4) is 0 Å². The van der Waals surface area contributed by atoms with Crippen molar-refractivity contribution in [1.29, 1.82) is 0 Å². The third kappa shape index (κ3) is 7.49. The first-order valence-corrected chi connectivity index (χ1v) is 7.16. The zero-order chi connectivity index (χ0) is 17.5. The van der Waals surface area contributed by atoms with Crippen LogP contribution in [0, 0.1) is 5.82 Å². The van der Waals surface area contributed by atoms with E-state index in [-0.39, 0.29) is 25.3 Å².